The number of hydrogen-bond donors (Lipinski definition) is 2. The van der Waals surface area contributed by atoms with Crippen LogP contribution in [0.3, 0.4) is 0 Å². The number of alkyl halides is 6. The molecule has 0 spiro atoms. The molecule has 1 aromatic heterocycles. The number of carbonyl (C=O) groups excluding carboxylic acids is 1. The lowest BCUT2D eigenvalue weighted by atomic mass is 9.90. The van der Waals surface area contributed by atoms with E-state index in [2.05, 4.69) is 14.8 Å². The van der Waals surface area contributed by atoms with Gasteiger partial charge in [-0.05, 0) is 34.4 Å². The molecule has 1 fully saturated rings. The van der Waals surface area contributed by atoms with Gasteiger partial charge in [-0.15, -0.1) is 12.4 Å². The van der Waals surface area contributed by atoms with E-state index in [4.69, 9.17) is 10.5 Å². The summed E-state index contributed by atoms with van der Waals surface area (Å²) in [6.07, 6.45) is -8.24. The van der Waals surface area contributed by atoms with Gasteiger partial charge in [-0.1, -0.05) is 48.5 Å². The lowest BCUT2D eigenvalue weighted by Gasteiger charge is -2.41. The van der Waals surface area contributed by atoms with Crippen molar-refractivity contribution in [3.8, 4) is 11.1 Å². The number of aromatic nitrogens is 1. The highest BCUT2D eigenvalue weighted by Gasteiger charge is 2.71. The minimum absolute atomic E-state index is 0. The number of halogens is 7. The van der Waals surface area contributed by atoms with Gasteiger partial charge in [0, 0.05) is 63.3 Å². The van der Waals surface area contributed by atoms with Crippen molar-refractivity contribution < 1.29 is 41.0 Å². The average molecular weight is 647 g/mol. The highest BCUT2D eigenvalue weighted by Crippen LogP contribution is 2.50. The zero-order valence-corrected chi connectivity index (χ0v) is 24.3. The first-order valence-electron chi connectivity index (χ1n) is 13.6. The molecule has 1 aliphatic rings. The third-order valence-corrected chi connectivity index (χ3v) is 7.42. The van der Waals surface area contributed by atoms with Crippen LogP contribution in [0.2, 0.25) is 0 Å². The molecule has 1 saturated heterocycles. The lowest BCUT2D eigenvalue weighted by Crippen LogP contribution is -2.53. The minimum Gasteiger partial charge on any atom is -0.464 e. The standard InChI is InChI=1S/C30H32F6N4O3.ClH/c31-29(32,33)28(42,30(34,35)36)25-7-5-24(6-8-25)23-3-1-21(2-4-23)18-39-14-15-40(19-22-9-12-38-13-10-22)26(20-39)17-27(41)43-16-11-37;/h1-10,12-13,26,42H,11,14-20,37H2;1H. The molecule has 240 valence electrons. The number of benzene rings is 2. The fourth-order valence-corrected chi connectivity index (χ4v) is 5.10. The van der Waals surface area contributed by atoms with Crippen molar-refractivity contribution in [1.29, 1.82) is 0 Å². The maximum absolute atomic E-state index is 13.2. The number of esters is 1. The molecule has 7 nitrogen and oxygen atoms in total. The Hall–Kier alpha value is -3.23. The molecule has 1 unspecified atom stereocenters. The first-order valence-corrected chi connectivity index (χ1v) is 13.6. The Morgan fingerprint density at radius 2 is 1.41 bits per heavy atom. The van der Waals surface area contributed by atoms with Crippen molar-refractivity contribution in [2.24, 2.45) is 5.73 Å². The van der Waals surface area contributed by atoms with Gasteiger partial charge in [0.25, 0.3) is 5.60 Å². The summed E-state index contributed by atoms with van der Waals surface area (Å²) in [5, 5.41) is 9.61. The molecule has 1 atom stereocenters. The predicted octanol–water partition coefficient (Wildman–Crippen LogP) is 5.06. The van der Waals surface area contributed by atoms with Crippen LogP contribution in [0, 0.1) is 0 Å². The van der Waals surface area contributed by atoms with Gasteiger partial charge in [0.1, 0.15) is 6.61 Å². The fraction of sp³-hybridized carbons (Fsp3) is 0.400. The molecule has 0 amide bonds. The third-order valence-electron chi connectivity index (χ3n) is 7.42. The van der Waals surface area contributed by atoms with Gasteiger partial charge in [0.15, 0.2) is 0 Å². The van der Waals surface area contributed by atoms with Crippen LogP contribution < -0.4 is 5.73 Å². The van der Waals surface area contributed by atoms with Crippen molar-refractivity contribution in [2.75, 3.05) is 32.8 Å². The first-order chi connectivity index (χ1) is 20.3. The summed E-state index contributed by atoms with van der Waals surface area (Å²) >= 11 is 0. The molecule has 1 aliphatic heterocycles. The van der Waals surface area contributed by atoms with Crippen LogP contribution in [0.25, 0.3) is 11.1 Å². The van der Waals surface area contributed by atoms with Crippen LogP contribution >= 0.6 is 12.4 Å². The van der Waals surface area contributed by atoms with Crippen LogP contribution in [0.4, 0.5) is 26.3 Å². The highest BCUT2D eigenvalue weighted by atomic mass is 35.5. The second-order valence-corrected chi connectivity index (χ2v) is 10.4. The Morgan fingerprint density at radius 3 is 1.95 bits per heavy atom. The van der Waals surface area contributed by atoms with Gasteiger partial charge in [0.2, 0.25) is 0 Å². The number of hydrogen-bond acceptors (Lipinski definition) is 7. The smallest absolute Gasteiger partial charge is 0.430 e. The van der Waals surface area contributed by atoms with Gasteiger partial charge in [-0.25, -0.2) is 0 Å². The minimum atomic E-state index is -5.94. The van der Waals surface area contributed by atoms with E-state index in [0.717, 1.165) is 29.8 Å². The third kappa shape index (κ3) is 8.27. The molecule has 14 heteroatoms. The molecular weight excluding hydrogens is 614 g/mol. The molecule has 2 aromatic carbocycles. The number of piperazine rings is 1. The molecule has 44 heavy (non-hydrogen) atoms. The topological polar surface area (TPSA) is 91.9 Å². The molecule has 0 radical (unpaired) electrons. The summed E-state index contributed by atoms with van der Waals surface area (Å²) < 4.78 is 84.4. The summed E-state index contributed by atoms with van der Waals surface area (Å²) in [5.74, 6) is -0.323. The average Bonchev–Trinajstić information content (AvgIpc) is 2.97. The number of aliphatic hydroxyl groups is 1. The molecule has 3 N–H and O–H groups in total. The molecular formula is C30H33ClF6N4O3. The first kappa shape index (κ1) is 35.3. The van der Waals surface area contributed by atoms with E-state index in [9.17, 15) is 36.2 Å². The normalized spacial score (nSPS) is 16.8. The number of pyridine rings is 1. The predicted molar refractivity (Wildman–Crippen MR) is 153 cm³/mol. The number of carbonyl (C=O) groups is 1. The molecule has 0 saturated carbocycles. The van der Waals surface area contributed by atoms with E-state index in [1.54, 1.807) is 24.5 Å². The van der Waals surface area contributed by atoms with E-state index in [-0.39, 0.29) is 44.0 Å². The Balaban J connectivity index is 0.00000529. The van der Waals surface area contributed by atoms with Crippen molar-refractivity contribution >= 4 is 18.4 Å². The number of nitrogens with zero attached hydrogens (tertiary/aromatic N) is 3. The second-order valence-electron chi connectivity index (χ2n) is 10.4. The van der Waals surface area contributed by atoms with E-state index in [0.29, 0.717) is 49.4 Å². The molecule has 3 aromatic rings. The summed E-state index contributed by atoms with van der Waals surface area (Å²) in [4.78, 5) is 20.9. The van der Waals surface area contributed by atoms with Crippen LogP contribution in [0.15, 0.2) is 73.1 Å². The Bertz CT molecular complexity index is 1330. The van der Waals surface area contributed by atoms with Crippen molar-refractivity contribution in [2.45, 2.75) is 43.5 Å². The molecule has 4 rings (SSSR count). The van der Waals surface area contributed by atoms with E-state index in [1.165, 1.54) is 0 Å². The summed E-state index contributed by atoms with van der Waals surface area (Å²) in [6.45, 7) is 3.68. The van der Waals surface area contributed by atoms with Gasteiger partial charge < -0.3 is 15.6 Å². The summed E-state index contributed by atoms with van der Waals surface area (Å²) in [5.41, 5.74) is 2.17. The summed E-state index contributed by atoms with van der Waals surface area (Å²) in [7, 11) is 0. The van der Waals surface area contributed by atoms with E-state index in [1.807, 2.05) is 24.3 Å². The quantitative estimate of drug-likeness (QED) is 0.235. The molecule has 2 heterocycles. The van der Waals surface area contributed by atoms with Gasteiger partial charge in [-0.2, -0.15) is 26.3 Å². The maximum Gasteiger partial charge on any atom is 0.430 e. The van der Waals surface area contributed by atoms with Gasteiger partial charge in [-0.3, -0.25) is 19.6 Å². The summed E-state index contributed by atoms with van der Waals surface area (Å²) in [6, 6.07) is 14.4. The SMILES string of the molecule is Cl.NCCOC(=O)CC1CN(Cc2ccc(-c3ccc(C(O)(C(F)(F)F)C(F)(F)F)cc3)cc2)CCN1Cc1ccncc1. The monoisotopic (exact) mass is 646 g/mol. The fourth-order valence-electron chi connectivity index (χ4n) is 5.10. The Morgan fingerprint density at radius 1 is 0.864 bits per heavy atom. The maximum atomic E-state index is 13.2. The Kier molecular flexibility index (Phi) is 11.8. The second kappa shape index (κ2) is 14.7. The highest BCUT2D eigenvalue weighted by molar-refractivity contribution is 5.85. The van der Waals surface area contributed by atoms with Crippen LogP contribution in [-0.4, -0.2) is 77.0 Å². The number of nitrogens with two attached hydrogens (primary N) is 1. The van der Waals surface area contributed by atoms with Crippen LogP contribution in [-0.2, 0) is 28.2 Å². The number of ether oxygens (including phenoxy) is 1. The molecule has 0 aliphatic carbocycles. The zero-order valence-electron chi connectivity index (χ0n) is 23.5. The van der Waals surface area contributed by atoms with Crippen molar-refractivity contribution in [3.63, 3.8) is 0 Å². The van der Waals surface area contributed by atoms with E-state index >= 15 is 0 Å². The lowest BCUT2D eigenvalue weighted by molar-refractivity contribution is -0.376. The van der Waals surface area contributed by atoms with Crippen LogP contribution in [0.1, 0.15) is 23.1 Å². The molecule has 0 bridgehead atoms. The van der Waals surface area contributed by atoms with Gasteiger partial charge in [0.05, 0.1) is 6.42 Å². The van der Waals surface area contributed by atoms with Crippen LogP contribution in [0.5, 0.6) is 0 Å². The van der Waals surface area contributed by atoms with Crippen molar-refractivity contribution in [3.05, 3.63) is 89.7 Å². The van der Waals surface area contributed by atoms with Gasteiger partial charge >= 0.3 is 18.3 Å². The van der Waals surface area contributed by atoms with E-state index < -0.39 is 23.5 Å². The number of rotatable bonds is 10. The largest absolute Gasteiger partial charge is 0.464 e. The Labute approximate surface area is 257 Å². The zero-order chi connectivity index (χ0) is 31.3. The van der Waals surface area contributed by atoms with Crippen molar-refractivity contribution in [1.82, 2.24) is 14.8 Å².